The topological polar surface area (TPSA) is 35.2 Å². The summed E-state index contributed by atoms with van der Waals surface area (Å²) in [5, 5.41) is 0. The van der Waals surface area contributed by atoms with Crippen LogP contribution in [0.2, 0.25) is 0 Å². The normalized spacial score (nSPS) is 12.6. The van der Waals surface area contributed by atoms with Crippen LogP contribution in [-0.4, -0.2) is 7.11 Å². The molecule has 0 aliphatic rings. The Morgan fingerprint density at radius 1 is 1.55 bits per heavy atom. The lowest BCUT2D eigenvalue weighted by atomic mass is 10.1. The molecule has 0 amide bonds. The van der Waals surface area contributed by atoms with Crippen molar-refractivity contribution in [3.8, 4) is 5.75 Å². The van der Waals surface area contributed by atoms with Crippen LogP contribution in [0.3, 0.4) is 0 Å². The molecule has 0 unspecified atom stereocenters. The molecule has 1 aromatic carbocycles. The zero-order chi connectivity index (χ0) is 8.27. The molecule has 0 fully saturated rings. The van der Waals surface area contributed by atoms with Gasteiger partial charge >= 0.3 is 0 Å². The monoisotopic (exact) mass is 150 g/mol. The predicted molar refractivity (Wildman–Crippen MR) is 45.3 cm³/mol. The first-order valence-electron chi connectivity index (χ1n) is 3.46. The van der Waals surface area contributed by atoms with Crippen LogP contribution in [0.1, 0.15) is 11.6 Å². The molecule has 2 nitrogen and oxygen atoms in total. The van der Waals surface area contributed by atoms with Crippen LogP contribution in [0.25, 0.3) is 0 Å². The number of methoxy groups -OCH3 is 1. The van der Waals surface area contributed by atoms with E-state index in [0.717, 1.165) is 11.3 Å². The van der Waals surface area contributed by atoms with E-state index in [4.69, 9.17) is 10.5 Å². The van der Waals surface area contributed by atoms with Crippen molar-refractivity contribution < 1.29 is 4.74 Å². The van der Waals surface area contributed by atoms with Gasteiger partial charge in [0.15, 0.2) is 0 Å². The van der Waals surface area contributed by atoms with E-state index >= 15 is 0 Å². The van der Waals surface area contributed by atoms with E-state index in [1.54, 1.807) is 7.11 Å². The van der Waals surface area contributed by atoms with Gasteiger partial charge in [0, 0.05) is 6.04 Å². The van der Waals surface area contributed by atoms with E-state index in [9.17, 15) is 0 Å². The van der Waals surface area contributed by atoms with E-state index in [2.05, 4.69) is 6.92 Å². The minimum Gasteiger partial charge on any atom is -0.497 e. The molecule has 1 atom stereocenters. The zero-order valence-electron chi connectivity index (χ0n) is 6.58. The van der Waals surface area contributed by atoms with Crippen molar-refractivity contribution in [1.82, 2.24) is 0 Å². The minimum absolute atomic E-state index is 0.176. The Bertz CT molecular complexity index is 233. The van der Waals surface area contributed by atoms with Gasteiger partial charge in [0.05, 0.1) is 7.11 Å². The quantitative estimate of drug-likeness (QED) is 0.693. The molecule has 2 heteroatoms. The first-order chi connectivity index (χ1) is 5.24. The first kappa shape index (κ1) is 8.08. The van der Waals surface area contributed by atoms with Crippen LogP contribution in [0.15, 0.2) is 24.3 Å². The van der Waals surface area contributed by atoms with Crippen molar-refractivity contribution in [3.05, 3.63) is 36.8 Å². The Balaban J connectivity index is 2.91. The van der Waals surface area contributed by atoms with Gasteiger partial charge in [0.1, 0.15) is 5.75 Å². The van der Waals surface area contributed by atoms with Crippen LogP contribution in [0.4, 0.5) is 0 Å². The summed E-state index contributed by atoms with van der Waals surface area (Å²) in [5.41, 5.74) is 6.56. The molecule has 1 aromatic rings. The summed E-state index contributed by atoms with van der Waals surface area (Å²) >= 11 is 0. The van der Waals surface area contributed by atoms with Crippen molar-refractivity contribution in [1.29, 1.82) is 0 Å². The van der Waals surface area contributed by atoms with E-state index < -0.39 is 0 Å². The van der Waals surface area contributed by atoms with Gasteiger partial charge in [-0.25, -0.2) is 0 Å². The van der Waals surface area contributed by atoms with Gasteiger partial charge in [-0.1, -0.05) is 12.1 Å². The first-order valence-corrected chi connectivity index (χ1v) is 3.46. The molecule has 0 bridgehead atoms. The Kier molecular flexibility index (Phi) is 2.49. The molecule has 0 saturated carbocycles. The molecule has 2 N–H and O–H groups in total. The molecule has 0 aromatic heterocycles. The van der Waals surface area contributed by atoms with Gasteiger partial charge in [-0.3, -0.25) is 0 Å². The third-order valence-corrected chi connectivity index (χ3v) is 1.52. The van der Waals surface area contributed by atoms with Crippen LogP contribution in [-0.2, 0) is 0 Å². The van der Waals surface area contributed by atoms with E-state index in [0.29, 0.717) is 0 Å². The largest absolute Gasteiger partial charge is 0.497 e. The van der Waals surface area contributed by atoms with Crippen LogP contribution >= 0.6 is 0 Å². The summed E-state index contributed by atoms with van der Waals surface area (Å²) in [6, 6.07) is 7.42. The maximum Gasteiger partial charge on any atom is 0.119 e. The van der Waals surface area contributed by atoms with Crippen molar-refractivity contribution in [2.24, 2.45) is 5.73 Å². The summed E-state index contributed by atoms with van der Waals surface area (Å²) < 4.78 is 5.02. The average molecular weight is 150 g/mol. The lowest BCUT2D eigenvalue weighted by Crippen LogP contribution is -2.04. The summed E-state index contributed by atoms with van der Waals surface area (Å²) in [6.45, 7) is 3.71. The third-order valence-electron chi connectivity index (χ3n) is 1.52. The summed E-state index contributed by atoms with van der Waals surface area (Å²) in [4.78, 5) is 0. The second-order valence-corrected chi connectivity index (χ2v) is 2.38. The number of ether oxygens (including phenoxy) is 1. The highest BCUT2D eigenvalue weighted by Crippen LogP contribution is 2.16. The highest BCUT2D eigenvalue weighted by molar-refractivity contribution is 5.30. The van der Waals surface area contributed by atoms with Crippen molar-refractivity contribution in [3.63, 3.8) is 0 Å². The van der Waals surface area contributed by atoms with E-state index in [1.165, 1.54) is 0 Å². The fourth-order valence-corrected chi connectivity index (χ4v) is 0.872. The van der Waals surface area contributed by atoms with Gasteiger partial charge in [-0.15, -0.1) is 0 Å². The maximum absolute atomic E-state index is 5.57. The Morgan fingerprint density at radius 3 is 2.82 bits per heavy atom. The molecule has 0 aliphatic heterocycles. The Hall–Kier alpha value is -1.02. The summed E-state index contributed by atoms with van der Waals surface area (Å²) in [7, 11) is 1.63. The maximum atomic E-state index is 5.57. The Morgan fingerprint density at radius 2 is 2.27 bits per heavy atom. The molecule has 1 rings (SSSR count). The number of hydrogen-bond donors (Lipinski definition) is 1. The second kappa shape index (κ2) is 3.39. The van der Waals surface area contributed by atoms with Crippen molar-refractivity contribution in [2.45, 2.75) is 6.04 Å². The van der Waals surface area contributed by atoms with Crippen molar-refractivity contribution in [2.75, 3.05) is 7.11 Å². The molecule has 0 aliphatic carbocycles. The fourth-order valence-electron chi connectivity index (χ4n) is 0.872. The lowest BCUT2D eigenvalue weighted by Gasteiger charge is -2.06. The van der Waals surface area contributed by atoms with Crippen LogP contribution < -0.4 is 10.5 Å². The molecule has 0 spiro atoms. The molecular formula is C9H12NO. The van der Waals surface area contributed by atoms with Crippen LogP contribution in [0.5, 0.6) is 5.75 Å². The number of hydrogen-bond acceptors (Lipinski definition) is 2. The predicted octanol–water partition coefficient (Wildman–Crippen LogP) is 1.53. The molecule has 59 valence electrons. The summed E-state index contributed by atoms with van der Waals surface area (Å²) in [5.74, 6) is 0.821. The van der Waals surface area contributed by atoms with E-state index in [1.807, 2.05) is 24.3 Å². The van der Waals surface area contributed by atoms with Gasteiger partial charge in [-0.05, 0) is 24.6 Å². The lowest BCUT2D eigenvalue weighted by molar-refractivity contribution is 0.414. The minimum atomic E-state index is -0.176. The second-order valence-electron chi connectivity index (χ2n) is 2.38. The van der Waals surface area contributed by atoms with Crippen LogP contribution in [0, 0.1) is 6.92 Å². The average Bonchev–Trinajstić information content (AvgIpc) is 2.05. The number of nitrogens with two attached hydrogens (primary N) is 1. The Labute approximate surface area is 67.0 Å². The molecular weight excluding hydrogens is 138 g/mol. The molecule has 1 radical (unpaired) electrons. The SMILES string of the molecule is [CH2][C@H](N)c1cccc(OC)c1. The highest BCUT2D eigenvalue weighted by atomic mass is 16.5. The van der Waals surface area contributed by atoms with Gasteiger partial charge in [0.2, 0.25) is 0 Å². The zero-order valence-corrected chi connectivity index (χ0v) is 6.58. The van der Waals surface area contributed by atoms with E-state index in [-0.39, 0.29) is 6.04 Å². The number of rotatable bonds is 2. The fraction of sp³-hybridized carbons (Fsp3) is 0.222. The van der Waals surface area contributed by atoms with Gasteiger partial charge < -0.3 is 10.5 Å². The molecule has 11 heavy (non-hydrogen) atoms. The standard InChI is InChI=1S/C9H12NO/c1-7(10)8-4-3-5-9(6-8)11-2/h3-7H,1,10H2,2H3/t7-/m0/s1. The number of benzene rings is 1. The van der Waals surface area contributed by atoms with Gasteiger partial charge in [0.25, 0.3) is 0 Å². The highest BCUT2D eigenvalue weighted by Gasteiger charge is 1.99. The molecule has 0 saturated heterocycles. The third kappa shape index (κ3) is 1.95. The summed E-state index contributed by atoms with van der Waals surface area (Å²) in [6.07, 6.45) is 0. The van der Waals surface area contributed by atoms with Gasteiger partial charge in [-0.2, -0.15) is 0 Å². The molecule has 0 heterocycles. The smallest absolute Gasteiger partial charge is 0.119 e. The van der Waals surface area contributed by atoms with Crippen molar-refractivity contribution >= 4 is 0 Å².